The van der Waals surface area contributed by atoms with Crippen molar-refractivity contribution in [1.29, 1.82) is 0 Å². The van der Waals surface area contributed by atoms with Crippen LogP contribution in [0.15, 0.2) is 22.4 Å². The summed E-state index contributed by atoms with van der Waals surface area (Å²) in [5.41, 5.74) is 3.11. The molecule has 0 aliphatic heterocycles. The van der Waals surface area contributed by atoms with Gasteiger partial charge in [-0.3, -0.25) is 0 Å². The van der Waals surface area contributed by atoms with Gasteiger partial charge >= 0.3 is 0 Å². The standard InChI is InChI=1S/C8H14Si/c1-6-4-7(2)8(5-6)9-3/h4H,5,9H2,1-3H3. The van der Waals surface area contributed by atoms with Crippen LogP contribution in [0.5, 0.6) is 0 Å². The first-order valence-electron chi connectivity index (χ1n) is 3.60. The van der Waals surface area contributed by atoms with Crippen molar-refractivity contribution < 1.29 is 0 Å². The summed E-state index contributed by atoms with van der Waals surface area (Å²) in [6.45, 7) is 6.83. The molecule has 0 radical (unpaired) electrons. The van der Waals surface area contributed by atoms with Crippen molar-refractivity contribution in [2.75, 3.05) is 0 Å². The third-order valence-electron chi connectivity index (χ3n) is 1.94. The van der Waals surface area contributed by atoms with Gasteiger partial charge in [-0.2, -0.15) is 0 Å². The van der Waals surface area contributed by atoms with Gasteiger partial charge in [0.1, 0.15) is 0 Å². The zero-order chi connectivity index (χ0) is 6.85. The van der Waals surface area contributed by atoms with Gasteiger partial charge in [0.25, 0.3) is 0 Å². The molecule has 0 unspecified atom stereocenters. The van der Waals surface area contributed by atoms with E-state index in [1.54, 1.807) is 16.3 Å². The molecule has 0 aromatic carbocycles. The molecule has 0 bridgehead atoms. The lowest BCUT2D eigenvalue weighted by atomic mass is 10.3. The van der Waals surface area contributed by atoms with Gasteiger partial charge in [0.2, 0.25) is 0 Å². The summed E-state index contributed by atoms with van der Waals surface area (Å²) in [4.78, 5) is 0. The molecular formula is C8H14Si. The average Bonchev–Trinajstić information content (AvgIpc) is 2.10. The van der Waals surface area contributed by atoms with Gasteiger partial charge in [-0.1, -0.05) is 29.0 Å². The van der Waals surface area contributed by atoms with Crippen LogP contribution in [0.1, 0.15) is 20.3 Å². The van der Waals surface area contributed by atoms with E-state index >= 15 is 0 Å². The highest BCUT2D eigenvalue weighted by Crippen LogP contribution is 2.23. The minimum absolute atomic E-state index is 0.139. The third-order valence-corrected chi connectivity index (χ3v) is 3.60. The predicted octanol–water partition coefficient (Wildman–Crippen LogP) is 1.83. The summed E-state index contributed by atoms with van der Waals surface area (Å²) in [5.74, 6) is 0. The van der Waals surface area contributed by atoms with Crippen LogP contribution >= 0.6 is 0 Å². The van der Waals surface area contributed by atoms with Crippen molar-refractivity contribution in [3.63, 3.8) is 0 Å². The summed E-state index contributed by atoms with van der Waals surface area (Å²) in [5, 5.41) is 1.76. The topological polar surface area (TPSA) is 0 Å². The van der Waals surface area contributed by atoms with Crippen molar-refractivity contribution in [2.24, 2.45) is 0 Å². The minimum Gasteiger partial charge on any atom is -0.0814 e. The number of rotatable bonds is 1. The van der Waals surface area contributed by atoms with E-state index < -0.39 is 0 Å². The van der Waals surface area contributed by atoms with E-state index in [4.69, 9.17) is 0 Å². The van der Waals surface area contributed by atoms with Crippen LogP contribution in [0.4, 0.5) is 0 Å². The molecule has 0 saturated carbocycles. The predicted molar refractivity (Wildman–Crippen MR) is 45.5 cm³/mol. The zero-order valence-corrected chi connectivity index (χ0v) is 7.91. The van der Waals surface area contributed by atoms with Gasteiger partial charge in [0.05, 0.1) is 0 Å². The maximum atomic E-state index is 2.37. The molecule has 0 nitrogen and oxygen atoms in total. The second-order valence-corrected chi connectivity index (χ2v) is 4.37. The normalized spacial score (nSPS) is 20.1. The van der Waals surface area contributed by atoms with E-state index in [1.807, 2.05) is 0 Å². The van der Waals surface area contributed by atoms with E-state index in [-0.39, 0.29) is 9.52 Å². The maximum absolute atomic E-state index is 2.37. The Morgan fingerprint density at radius 3 is 2.33 bits per heavy atom. The summed E-state index contributed by atoms with van der Waals surface area (Å²) in [6, 6.07) is 0. The van der Waals surface area contributed by atoms with Crippen LogP contribution in [0.25, 0.3) is 0 Å². The first-order valence-corrected chi connectivity index (χ1v) is 5.72. The largest absolute Gasteiger partial charge is 0.0814 e. The Bertz CT molecular complexity index is 175. The molecule has 1 aliphatic carbocycles. The third kappa shape index (κ3) is 1.33. The van der Waals surface area contributed by atoms with Crippen LogP contribution in [-0.2, 0) is 0 Å². The number of allylic oxidation sites excluding steroid dienone is 4. The van der Waals surface area contributed by atoms with Gasteiger partial charge < -0.3 is 0 Å². The van der Waals surface area contributed by atoms with E-state index in [0.29, 0.717) is 0 Å². The molecule has 0 saturated heterocycles. The van der Waals surface area contributed by atoms with Crippen molar-refractivity contribution >= 4 is 9.52 Å². The SMILES string of the molecule is C[SiH2]C1=C(C)C=C(C)C1. The highest BCUT2D eigenvalue weighted by atomic mass is 28.2. The van der Waals surface area contributed by atoms with Gasteiger partial charge in [0.15, 0.2) is 0 Å². The molecule has 0 N–H and O–H groups in total. The molecular weight excluding hydrogens is 124 g/mol. The van der Waals surface area contributed by atoms with Gasteiger partial charge in [-0.05, 0) is 20.3 Å². The maximum Gasteiger partial charge on any atom is 0.0472 e. The Morgan fingerprint density at radius 1 is 1.44 bits per heavy atom. The van der Waals surface area contributed by atoms with Crippen LogP contribution in [0, 0.1) is 0 Å². The summed E-state index contributed by atoms with van der Waals surface area (Å²) >= 11 is 0. The fraction of sp³-hybridized carbons (Fsp3) is 0.500. The molecule has 0 heterocycles. The molecule has 0 spiro atoms. The minimum atomic E-state index is 0.139. The Balaban J connectivity index is 2.72. The van der Waals surface area contributed by atoms with Crippen LogP contribution in [0.3, 0.4) is 0 Å². The molecule has 0 aromatic heterocycles. The molecule has 1 heteroatoms. The highest BCUT2D eigenvalue weighted by molar-refractivity contribution is 6.44. The van der Waals surface area contributed by atoms with Crippen molar-refractivity contribution in [3.05, 3.63) is 22.4 Å². The molecule has 50 valence electrons. The zero-order valence-electron chi connectivity index (χ0n) is 6.49. The summed E-state index contributed by atoms with van der Waals surface area (Å²) < 4.78 is 0. The molecule has 1 aliphatic rings. The first kappa shape index (κ1) is 6.81. The molecule has 0 amide bonds. The smallest absolute Gasteiger partial charge is 0.0472 e. The lowest BCUT2D eigenvalue weighted by molar-refractivity contribution is 1.22. The Morgan fingerprint density at radius 2 is 2.11 bits per heavy atom. The Hall–Kier alpha value is -0.303. The van der Waals surface area contributed by atoms with Gasteiger partial charge in [-0.15, -0.1) is 0 Å². The Labute approximate surface area is 59.5 Å². The molecule has 9 heavy (non-hydrogen) atoms. The van der Waals surface area contributed by atoms with E-state index in [2.05, 4.69) is 26.5 Å². The molecule has 0 fully saturated rings. The fourth-order valence-corrected chi connectivity index (χ4v) is 2.71. The Kier molecular flexibility index (Phi) is 1.91. The molecule has 1 rings (SSSR count). The first-order chi connectivity index (χ1) is 4.24. The van der Waals surface area contributed by atoms with Crippen LogP contribution in [-0.4, -0.2) is 9.52 Å². The summed E-state index contributed by atoms with van der Waals surface area (Å²) in [7, 11) is 0.139. The quantitative estimate of drug-likeness (QED) is 0.485. The van der Waals surface area contributed by atoms with Crippen molar-refractivity contribution in [2.45, 2.75) is 26.8 Å². The van der Waals surface area contributed by atoms with Crippen molar-refractivity contribution in [3.8, 4) is 0 Å². The van der Waals surface area contributed by atoms with E-state index in [0.717, 1.165) is 0 Å². The average molecular weight is 138 g/mol. The van der Waals surface area contributed by atoms with Crippen LogP contribution < -0.4 is 0 Å². The fourth-order valence-electron chi connectivity index (χ4n) is 1.40. The highest BCUT2D eigenvalue weighted by Gasteiger charge is 2.06. The van der Waals surface area contributed by atoms with Gasteiger partial charge in [0, 0.05) is 9.52 Å². The number of hydrogen-bond donors (Lipinski definition) is 0. The van der Waals surface area contributed by atoms with E-state index in [9.17, 15) is 0 Å². The lowest BCUT2D eigenvalue weighted by Gasteiger charge is -1.96. The van der Waals surface area contributed by atoms with Gasteiger partial charge in [-0.25, -0.2) is 0 Å². The second kappa shape index (κ2) is 2.52. The lowest BCUT2D eigenvalue weighted by Crippen LogP contribution is -1.88. The molecule has 0 atom stereocenters. The van der Waals surface area contributed by atoms with Crippen molar-refractivity contribution in [1.82, 2.24) is 0 Å². The molecule has 0 aromatic rings. The monoisotopic (exact) mass is 138 g/mol. The van der Waals surface area contributed by atoms with E-state index in [1.165, 1.54) is 6.42 Å². The van der Waals surface area contributed by atoms with Crippen LogP contribution in [0.2, 0.25) is 6.55 Å². The summed E-state index contributed by atoms with van der Waals surface area (Å²) in [6.07, 6.45) is 3.61. The number of hydrogen-bond acceptors (Lipinski definition) is 0. The second-order valence-electron chi connectivity index (χ2n) is 2.81.